The highest BCUT2D eigenvalue weighted by Gasteiger charge is 2.45. The fourth-order valence-electron chi connectivity index (χ4n) is 6.75. The topological polar surface area (TPSA) is 120 Å². The lowest BCUT2D eigenvalue weighted by Gasteiger charge is -2.43. The molecule has 2 aromatic rings. The predicted molar refractivity (Wildman–Crippen MR) is 157 cm³/mol. The first-order chi connectivity index (χ1) is 20.8. The van der Waals surface area contributed by atoms with Crippen molar-refractivity contribution in [2.24, 2.45) is 0 Å². The standard InChI is InChI=1S/C32H37N5O6/c1-34(23-13-17-36(18-14-23)32(42)43-20-21-5-3-2-4-6-21)22-11-15-35(16-12-22)24-7-8-25-26(19-24)31(41)37(30(25)40)27-9-10-28(38)33-29(27)39/h2-8,19,22-23,27H,9-18,20H2,1H3,(H,33,38,39). The predicted octanol–water partition coefficient (Wildman–Crippen LogP) is 2.79. The van der Waals surface area contributed by atoms with E-state index in [1.165, 1.54) is 0 Å². The number of rotatable bonds is 6. The van der Waals surface area contributed by atoms with Crippen LogP contribution in [0.25, 0.3) is 0 Å². The summed E-state index contributed by atoms with van der Waals surface area (Å²) in [4.78, 5) is 70.2. The first-order valence-corrected chi connectivity index (χ1v) is 15.1. The van der Waals surface area contributed by atoms with Gasteiger partial charge < -0.3 is 19.4 Å². The van der Waals surface area contributed by atoms with Crippen molar-refractivity contribution in [3.8, 4) is 0 Å². The van der Waals surface area contributed by atoms with Crippen molar-refractivity contribution in [1.82, 2.24) is 20.0 Å². The Labute approximate surface area is 250 Å². The average Bonchev–Trinajstić information content (AvgIpc) is 3.28. The lowest BCUT2D eigenvalue weighted by molar-refractivity contribution is -0.136. The quantitative estimate of drug-likeness (QED) is 0.513. The second kappa shape index (κ2) is 12.2. The number of imide groups is 2. The summed E-state index contributed by atoms with van der Waals surface area (Å²) >= 11 is 0. The van der Waals surface area contributed by atoms with E-state index in [4.69, 9.17) is 4.74 Å². The van der Waals surface area contributed by atoms with Gasteiger partial charge in [0.2, 0.25) is 11.8 Å². The van der Waals surface area contributed by atoms with Gasteiger partial charge in [0.1, 0.15) is 12.6 Å². The Kier molecular flexibility index (Phi) is 8.16. The summed E-state index contributed by atoms with van der Waals surface area (Å²) in [5.74, 6) is -1.97. The van der Waals surface area contributed by atoms with Gasteiger partial charge in [-0.05, 0) is 62.9 Å². The molecule has 5 amide bonds. The van der Waals surface area contributed by atoms with Crippen LogP contribution in [0.1, 0.15) is 64.8 Å². The molecule has 0 spiro atoms. The second-order valence-electron chi connectivity index (χ2n) is 11.8. The molecule has 2 aromatic carbocycles. The second-order valence-corrected chi connectivity index (χ2v) is 11.8. The molecule has 3 saturated heterocycles. The van der Waals surface area contributed by atoms with E-state index in [9.17, 15) is 24.0 Å². The van der Waals surface area contributed by atoms with Crippen LogP contribution in [0.4, 0.5) is 10.5 Å². The molecule has 3 fully saturated rings. The molecule has 1 atom stereocenters. The third-order valence-electron chi connectivity index (χ3n) is 9.33. The van der Waals surface area contributed by atoms with Crippen molar-refractivity contribution in [3.63, 3.8) is 0 Å². The molecule has 11 heteroatoms. The Balaban J connectivity index is 0.997. The molecule has 0 bridgehead atoms. The zero-order chi connectivity index (χ0) is 30.1. The first-order valence-electron chi connectivity index (χ1n) is 15.1. The summed E-state index contributed by atoms with van der Waals surface area (Å²) in [5, 5.41) is 2.23. The molecule has 226 valence electrons. The number of nitrogens with one attached hydrogen (secondary N) is 1. The minimum atomic E-state index is -0.966. The molecule has 1 N–H and O–H groups in total. The van der Waals surface area contributed by atoms with Gasteiger partial charge in [0.15, 0.2) is 0 Å². The molecule has 6 rings (SSSR count). The van der Waals surface area contributed by atoms with E-state index < -0.39 is 23.8 Å². The van der Waals surface area contributed by atoms with E-state index in [-0.39, 0.29) is 31.4 Å². The zero-order valence-electron chi connectivity index (χ0n) is 24.4. The van der Waals surface area contributed by atoms with Crippen molar-refractivity contribution in [3.05, 3.63) is 65.2 Å². The maximum Gasteiger partial charge on any atom is 0.410 e. The number of ether oxygens (including phenoxy) is 1. The van der Waals surface area contributed by atoms with Crippen LogP contribution >= 0.6 is 0 Å². The van der Waals surface area contributed by atoms with Crippen molar-refractivity contribution in [2.45, 2.75) is 63.3 Å². The third kappa shape index (κ3) is 5.86. The summed E-state index contributed by atoms with van der Waals surface area (Å²) in [5.41, 5.74) is 2.46. The summed E-state index contributed by atoms with van der Waals surface area (Å²) in [6, 6.07) is 14.9. The largest absolute Gasteiger partial charge is 0.445 e. The highest BCUT2D eigenvalue weighted by atomic mass is 16.6. The van der Waals surface area contributed by atoms with Gasteiger partial charge in [0.05, 0.1) is 11.1 Å². The normalized spacial score (nSPS) is 21.8. The van der Waals surface area contributed by atoms with Crippen LogP contribution in [0.2, 0.25) is 0 Å². The highest BCUT2D eigenvalue weighted by molar-refractivity contribution is 6.23. The van der Waals surface area contributed by atoms with Gasteiger partial charge in [-0.25, -0.2) is 4.79 Å². The van der Waals surface area contributed by atoms with E-state index in [0.717, 1.165) is 54.9 Å². The molecule has 4 heterocycles. The smallest absolute Gasteiger partial charge is 0.410 e. The number of fused-ring (bicyclic) bond motifs is 1. The van der Waals surface area contributed by atoms with Crippen molar-refractivity contribution in [2.75, 3.05) is 38.1 Å². The number of hydrogen-bond acceptors (Lipinski definition) is 8. The van der Waals surface area contributed by atoms with E-state index in [2.05, 4.69) is 22.2 Å². The molecule has 4 aliphatic heterocycles. The van der Waals surface area contributed by atoms with Crippen molar-refractivity contribution < 1.29 is 28.7 Å². The van der Waals surface area contributed by atoms with Crippen LogP contribution in [0.5, 0.6) is 0 Å². The lowest BCUT2D eigenvalue weighted by Crippen LogP contribution is -2.54. The Hall–Kier alpha value is -4.25. The van der Waals surface area contributed by atoms with Gasteiger partial charge in [-0.2, -0.15) is 0 Å². The van der Waals surface area contributed by atoms with Crippen LogP contribution in [0.15, 0.2) is 48.5 Å². The minimum absolute atomic E-state index is 0.0961. The Morgan fingerprint density at radius 1 is 0.860 bits per heavy atom. The molecule has 1 unspecified atom stereocenters. The van der Waals surface area contributed by atoms with Crippen LogP contribution < -0.4 is 10.2 Å². The molecular formula is C32H37N5O6. The Morgan fingerprint density at radius 3 is 2.19 bits per heavy atom. The van der Waals surface area contributed by atoms with Crippen molar-refractivity contribution >= 4 is 35.4 Å². The van der Waals surface area contributed by atoms with E-state index in [1.807, 2.05) is 36.4 Å². The average molecular weight is 588 g/mol. The summed E-state index contributed by atoms with van der Waals surface area (Å²) in [6.45, 7) is 3.28. The summed E-state index contributed by atoms with van der Waals surface area (Å²) < 4.78 is 5.51. The molecule has 0 aliphatic carbocycles. The Morgan fingerprint density at radius 2 is 1.51 bits per heavy atom. The monoisotopic (exact) mass is 587 g/mol. The third-order valence-corrected chi connectivity index (χ3v) is 9.33. The number of piperidine rings is 3. The first kappa shape index (κ1) is 28.9. The molecule has 4 aliphatic rings. The van der Waals surface area contributed by atoms with Crippen LogP contribution in [0, 0.1) is 0 Å². The molecule has 0 radical (unpaired) electrons. The summed E-state index contributed by atoms with van der Waals surface area (Å²) in [6.07, 6.45) is 3.71. The number of carbonyl (C=O) groups is 5. The number of anilines is 1. The van der Waals surface area contributed by atoms with Crippen molar-refractivity contribution in [1.29, 1.82) is 0 Å². The number of amides is 5. The SMILES string of the molecule is CN(C1CCN(C(=O)OCc2ccccc2)CC1)C1CCN(c2ccc3c(c2)C(=O)N(C2CCC(=O)NC2=O)C3=O)CC1. The highest BCUT2D eigenvalue weighted by Crippen LogP contribution is 2.32. The van der Waals surface area contributed by atoms with E-state index >= 15 is 0 Å². The fourth-order valence-corrected chi connectivity index (χ4v) is 6.75. The molecule has 0 saturated carbocycles. The number of benzene rings is 2. The number of nitrogens with zero attached hydrogens (tertiary/aromatic N) is 4. The molecule has 0 aromatic heterocycles. The fraction of sp³-hybridized carbons (Fsp3) is 0.469. The van der Waals surface area contributed by atoms with Crippen LogP contribution in [-0.4, -0.2) is 95.8 Å². The van der Waals surface area contributed by atoms with Crippen LogP contribution in [0.3, 0.4) is 0 Å². The van der Waals surface area contributed by atoms with Gasteiger partial charge >= 0.3 is 6.09 Å². The van der Waals surface area contributed by atoms with Gasteiger partial charge in [0, 0.05) is 50.4 Å². The number of likely N-dealkylation sites (tertiary alicyclic amines) is 1. The zero-order valence-corrected chi connectivity index (χ0v) is 24.4. The minimum Gasteiger partial charge on any atom is -0.445 e. The maximum atomic E-state index is 13.2. The van der Waals surface area contributed by atoms with Gasteiger partial charge in [-0.1, -0.05) is 30.3 Å². The lowest BCUT2D eigenvalue weighted by atomic mass is 9.97. The van der Waals surface area contributed by atoms with Gasteiger partial charge in [-0.3, -0.25) is 29.4 Å². The van der Waals surface area contributed by atoms with Gasteiger partial charge in [-0.15, -0.1) is 0 Å². The van der Waals surface area contributed by atoms with E-state index in [1.54, 1.807) is 17.0 Å². The van der Waals surface area contributed by atoms with Gasteiger partial charge in [0.25, 0.3) is 11.8 Å². The Bertz CT molecular complexity index is 1410. The maximum absolute atomic E-state index is 13.2. The van der Waals surface area contributed by atoms with E-state index in [0.29, 0.717) is 36.3 Å². The summed E-state index contributed by atoms with van der Waals surface area (Å²) in [7, 11) is 2.18. The number of carbonyl (C=O) groups excluding carboxylic acids is 5. The molecular weight excluding hydrogens is 550 g/mol. The molecule has 11 nitrogen and oxygen atoms in total. The van der Waals surface area contributed by atoms with Crippen LogP contribution in [-0.2, 0) is 20.9 Å². The molecule has 43 heavy (non-hydrogen) atoms. The number of hydrogen-bond donors (Lipinski definition) is 1.